The van der Waals surface area contributed by atoms with E-state index < -0.39 is 9.84 Å². The zero-order valence-electron chi connectivity index (χ0n) is 9.27. The number of anilines is 1. The van der Waals surface area contributed by atoms with Gasteiger partial charge in [0, 0.05) is 12.8 Å². The van der Waals surface area contributed by atoms with Crippen LogP contribution in [0, 0.1) is 22.7 Å². The van der Waals surface area contributed by atoms with Crippen molar-refractivity contribution in [1.82, 2.24) is 0 Å². The molecular formula is C11H11N3O2S. The van der Waals surface area contributed by atoms with Crippen LogP contribution in [-0.2, 0) is 9.84 Å². The smallest absolute Gasteiger partial charge is 0.149 e. The predicted molar refractivity (Wildman–Crippen MR) is 64.1 cm³/mol. The van der Waals surface area contributed by atoms with E-state index in [-0.39, 0.29) is 12.3 Å². The van der Waals surface area contributed by atoms with E-state index in [9.17, 15) is 8.42 Å². The van der Waals surface area contributed by atoms with Gasteiger partial charge in [0.15, 0.2) is 0 Å². The van der Waals surface area contributed by atoms with Gasteiger partial charge in [-0.3, -0.25) is 0 Å². The maximum atomic E-state index is 11.0. The maximum absolute atomic E-state index is 11.0. The Morgan fingerprint density at radius 3 is 2.18 bits per heavy atom. The summed E-state index contributed by atoms with van der Waals surface area (Å²) in [5, 5.41) is 20.6. The summed E-state index contributed by atoms with van der Waals surface area (Å²) in [7, 11) is -3.06. The summed E-state index contributed by atoms with van der Waals surface area (Å²) < 4.78 is 21.9. The van der Waals surface area contributed by atoms with Gasteiger partial charge in [-0.05, 0) is 12.1 Å². The zero-order valence-corrected chi connectivity index (χ0v) is 10.1. The van der Waals surface area contributed by atoms with Gasteiger partial charge in [-0.1, -0.05) is 6.07 Å². The number of nitrogens with one attached hydrogen (secondary N) is 1. The molecular weight excluding hydrogens is 238 g/mol. The molecule has 5 nitrogen and oxygen atoms in total. The molecule has 1 N–H and O–H groups in total. The highest BCUT2D eigenvalue weighted by atomic mass is 32.2. The number of hydrogen-bond acceptors (Lipinski definition) is 5. The van der Waals surface area contributed by atoms with Crippen LogP contribution in [-0.4, -0.2) is 27.0 Å². The van der Waals surface area contributed by atoms with E-state index in [1.807, 2.05) is 12.1 Å². The number of nitrogens with zero attached hydrogens (tertiary/aromatic N) is 2. The van der Waals surface area contributed by atoms with Gasteiger partial charge < -0.3 is 5.32 Å². The van der Waals surface area contributed by atoms with Gasteiger partial charge in [0.2, 0.25) is 0 Å². The van der Waals surface area contributed by atoms with Crippen molar-refractivity contribution < 1.29 is 8.42 Å². The molecule has 0 aliphatic rings. The summed E-state index contributed by atoms with van der Waals surface area (Å²) in [4.78, 5) is 0. The number of benzene rings is 1. The third-order valence-corrected chi connectivity index (χ3v) is 3.03. The average Bonchev–Trinajstić information content (AvgIpc) is 2.27. The molecule has 88 valence electrons. The summed E-state index contributed by atoms with van der Waals surface area (Å²) in [6, 6.07) is 8.67. The molecule has 0 unspecified atom stereocenters. The second-order valence-corrected chi connectivity index (χ2v) is 5.77. The molecule has 17 heavy (non-hydrogen) atoms. The molecule has 1 aromatic carbocycles. The fourth-order valence-corrected chi connectivity index (χ4v) is 1.76. The minimum Gasteiger partial charge on any atom is -0.382 e. The van der Waals surface area contributed by atoms with Crippen LogP contribution in [0.1, 0.15) is 11.1 Å². The molecule has 1 aromatic rings. The Bertz CT molecular complexity index is 562. The fraction of sp³-hybridized carbons (Fsp3) is 0.273. The number of sulfone groups is 1. The molecule has 0 spiro atoms. The molecule has 0 saturated heterocycles. The lowest BCUT2D eigenvalue weighted by Crippen LogP contribution is -2.15. The SMILES string of the molecule is CS(=O)(=O)CCNc1c(C#N)cccc1C#N. The van der Waals surface area contributed by atoms with E-state index in [2.05, 4.69) is 5.32 Å². The molecule has 0 aliphatic carbocycles. The number of nitriles is 2. The van der Waals surface area contributed by atoms with Crippen LogP contribution < -0.4 is 5.32 Å². The fourth-order valence-electron chi connectivity index (χ4n) is 1.29. The topological polar surface area (TPSA) is 93.8 Å². The van der Waals surface area contributed by atoms with Gasteiger partial charge in [-0.2, -0.15) is 10.5 Å². The molecule has 0 atom stereocenters. The second kappa shape index (κ2) is 5.33. The van der Waals surface area contributed by atoms with Crippen molar-refractivity contribution in [3.05, 3.63) is 29.3 Å². The van der Waals surface area contributed by atoms with Crippen molar-refractivity contribution in [3.8, 4) is 12.1 Å². The lowest BCUT2D eigenvalue weighted by atomic mass is 10.1. The van der Waals surface area contributed by atoms with E-state index in [4.69, 9.17) is 10.5 Å². The van der Waals surface area contributed by atoms with Crippen LogP contribution in [0.2, 0.25) is 0 Å². The van der Waals surface area contributed by atoms with Gasteiger partial charge in [0.1, 0.15) is 22.0 Å². The van der Waals surface area contributed by atoms with E-state index in [0.717, 1.165) is 6.26 Å². The van der Waals surface area contributed by atoms with Crippen molar-refractivity contribution in [2.45, 2.75) is 0 Å². The van der Waals surface area contributed by atoms with Crippen molar-refractivity contribution in [2.75, 3.05) is 23.9 Å². The summed E-state index contributed by atoms with van der Waals surface area (Å²) in [6.45, 7) is 0.173. The third-order valence-electron chi connectivity index (χ3n) is 2.08. The summed E-state index contributed by atoms with van der Waals surface area (Å²) in [5.41, 5.74) is 1.05. The van der Waals surface area contributed by atoms with Gasteiger partial charge in [-0.25, -0.2) is 8.42 Å². The molecule has 0 saturated carbocycles. The molecule has 6 heteroatoms. The van der Waals surface area contributed by atoms with E-state index in [1.54, 1.807) is 18.2 Å². The first-order valence-corrected chi connectivity index (χ1v) is 6.89. The van der Waals surface area contributed by atoms with Crippen LogP contribution >= 0.6 is 0 Å². The Labute approximate surface area is 100 Å². The number of hydrogen-bond donors (Lipinski definition) is 1. The molecule has 0 radical (unpaired) electrons. The minimum atomic E-state index is -3.06. The normalized spacial score (nSPS) is 10.3. The summed E-state index contributed by atoms with van der Waals surface area (Å²) in [5.74, 6) is -0.0440. The minimum absolute atomic E-state index is 0.0440. The standard InChI is InChI=1S/C11H11N3O2S/c1-17(15,16)6-5-14-11-9(7-12)3-2-4-10(11)8-13/h2-4,14H,5-6H2,1H3. The lowest BCUT2D eigenvalue weighted by molar-refractivity contribution is 0.602. The average molecular weight is 249 g/mol. The molecule has 0 aliphatic heterocycles. The Morgan fingerprint density at radius 2 is 1.76 bits per heavy atom. The molecule has 0 amide bonds. The van der Waals surface area contributed by atoms with Gasteiger partial charge in [0.05, 0.1) is 22.6 Å². The Hall–Kier alpha value is -2.05. The van der Waals surface area contributed by atoms with E-state index >= 15 is 0 Å². The quantitative estimate of drug-likeness (QED) is 0.855. The van der Waals surface area contributed by atoms with Crippen LogP contribution in [0.4, 0.5) is 5.69 Å². The lowest BCUT2D eigenvalue weighted by Gasteiger charge is -2.08. The Balaban J connectivity index is 2.91. The van der Waals surface area contributed by atoms with Crippen LogP contribution in [0.15, 0.2) is 18.2 Å². The van der Waals surface area contributed by atoms with Gasteiger partial charge >= 0.3 is 0 Å². The Kier molecular flexibility index (Phi) is 4.08. The molecule has 0 fully saturated rings. The van der Waals surface area contributed by atoms with Crippen molar-refractivity contribution in [3.63, 3.8) is 0 Å². The summed E-state index contributed by atoms with van der Waals surface area (Å²) in [6.07, 6.45) is 1.14. The molecule has 0 bridgehead atoms. The van der Waals surface area contributed by atoms with Gasteiger partial charge in [-0.15, -0.1) is 0 Å². The highest BCUT2D eigenvalue weighted by molar-refractivity contribution is 7.90. The number of rotatable bonds is 4. The predicted octanol–water partition coefficient (Wildman–Crippen LogP) is 0.886. The summed E-state index contributed by atoms with van der Waals surface area (Å²) >= 11 is 0. The highest BCUT2D eigenvalue weighted by Gasteiger charge is 2.08. The zero-order chi connectivity index (χ0) is 12.9. The molecule has 0 aromatic heterocycles. The van der Waals surface area contributed by atoms with E-state index in [1.165, 1.54) is 0 Å². The van der Waals surface area contributed by atoms with Crippen molar-refractivity contribution >= 4 is 15.5 Å². The van der Waals surface area contributed by atoms with Crippen molar-refractivity contribution in [1.29, 1.82) is 10.5 Å². The largest absolute Gasteiger partial charge is 0.382 e. The molecule has 0 heterocycles. The first-order chi connectivity index (χ1) is 7.98. The monoisotopic (exact) mass is 249 g/mol. The second-order valence-electron chi connectivity index (χ2n) is 3.51. The van der Waals surface area contributed by atoms with E-state index in [0.29, 0.717) is 16.8 Å². The third kappa shape index (κ3) is 3.78. The Morgan fingerprint density at radius 1 is 1.24 bits per heavy atom. The van der Waals surface area contributed by atoms with Crippen LogP contribution in [0.25, 0.3) is 0 Å². The van der Waals surface area contributed by atoms with Crippen molar-refractivity contribution in [2.24, 2.45) is 0 Å². The number of para-hydroxylation sites is 1. The van der Waals surface area contributed by atoms with Gasteiger partial charge in [0.25, 0.3) is 0 Å². The highest BCUT2D eigenvalue weighted by Crippen LogP contribution is 2.19. The first-order valence-electron chi connectivity index (χ1n) is 4.83. The maximum Gasteiger partial charge on any atom is 0.149 e. The first kappa shape index (κ1) is 13.0. The van der Waals surface area contributed by atoms with Crippen LogP contribution in [0.5, 0.6) is 0 Å². The van der Waals surface area contributed by atoms with Crippen LogP contribution in [0.3, 0.4) is 0 Å². The molecule has 1 rings (SSSR count).